The molecule has 0 aromatic heterocycles. The maximum Gasteiger partial charge on any atom is 0.338 e. The highest BCUT2D eigenvalue weighted by molar-refractivity contribution is 5.92. The van der Waals surface area contributed by atoms with Crippen LogP contribution in [0.5, 0.6) is 11.5 Å². The molecule has 27 heavy (non-hydrogen) atoms. The molecule has 6 heteroatoms. The summed E-state index contributed by atoms with van der Waals surface area (Å²) in [5, 5.41) is 0. The number of amides is 1. The number of benzene rings is 2. The molecule has 0 aliphatic rings. The third-order valence-electron chi connectivity index (χ3n) is 4.28. The van der Waals surface area contributed by atoms with Gasteiger partial charge >= 0.3 is 5.97 Å². The number of hydrogen-bond acceptors (Lipinski definition) is 5. The highest BCUT2D eigenvalue weighted by Gasteiger charge is 2.19. The lowest BCUT2D eigenvalue weighted by molar-refractivity contribution is -0.135. The van der Waals surface area contributed by atoms with Crippen molar-refractivity contribution in [1.82, 2.24) is 4.90 Å². The number of esters is 1. The van der Waals surface area contributed by atoms with E-state index in [0.717, 1.165) is 5.56 Å². The van der Waals surface area contributed by atoms with E-state index in [-0.39, 0.29) is 18.6 Å². The summed E-state index contributed by atoms with van der Waals surface area (Å²) in [4.78, 5) is 26.2. The Morgan fingerprint density at radius 2 is 1.78 bits per heavy atom. The van der Waals surface area contributed by atoms with E-state index in [9.17, 15) is 9.59 Å². The van der Waals surface area contributed by atoms with Crippen LogP contribution in [-0.4, -0.2) is 44.1 Å². The van der Waals surface area contributed by atoms with Crippen LogP contribution >= 0.6 is 0 Å². The minimum atomic E-state index is -0.592. The Morgan fingerprint density at radius 1 is 1.07 bits per heavy atom. The van der Waals surface area contributed by atoms with Crippen LogP contribution in [0, 0.1) is 0 Å². The highest BCUT2D eigenvalue weighted by atomic mass is 16.5. The zero-order valence-electron chi connectivity index (χ0n) is 16.1. The molecule has 0 heterocycles. The summed E-state index contributed by atoms with van der Waals surface area (Å²) in [5.41, 5.74) is 1.30. The Bertz CT molecular complexity index is 775. The summed E-state index contributed by atoms with van der Waals surface area (Å²) in [6, 6.07) is 14.3. The van der Waals surface area contributed by atoms with Gasteiger partial charge in [-0.3, -0.25) is 4.79 Å². The van der Waals surface area contributed by atoms with E-state index >= 15 is 0 Å². The summed E-state index contributed by atoms with van der Waals surface area (Å²) >= 11 is 0. The second kappa shape index (κ2) is 9.62. The summed E-state index contributed by atoms with van der Waals surface area (Å²) in [7, 11) is 3.18. The first kappa shape index (κ1) is 20.3. The number of likely N-dealkylation sites (N-methyl/N-ethyl adjacent to an activating group) is 1. The normalized spacial score (nSPS) is 11.4. The third kappa shape index (κ3) is 5.23. The average Bonchev–Trinajstić information content (AvgIpc) is 2.71. The second-order valence-corrected chi connectivity index (χ2v) is 5.97. The largest absolute Gasteiger partial charge is 0.493 e. The SMILES string of the molecule is CCOc1ccc(C(=O)OCC(=O)N(C)[C@@H](C)c2ccccc2)cc1OC. The van der Waals surface area contributed by atoms with Crippen molar-refractivity contribution in [3.8, 4) is 11.5 Å². The van der Waals surface area contributed by atoms with E-state index in [1.165, 1.54) is 13.2 Å². The summed E-state index contributed by atoms with van der Waals surface area (Å²) in [6.45, 7) is 3.94. The van der Waals surface area contributed by atoms with Gasteiger partial charge in [-0.25, -0.2) is 4.79 Å². The lowest BCUT2D eigenvalue weighted by Crippen LogP contribution is -2.33. The molecule has 144 valence electrons. The van der Waals surface area contributed by atoms with Crippen molar-refractivity contribution in [2.45, 2.75) is 19.9 Å². The second-order valence-electron chi connectivity index (χ2n) is 5.97. The predicted octanol–water partition coefficient (Wildman–Crippen LogP) is 3.47. The van der Waals surface area contributed by atoms with Gasteiger partial charge in [-0.1, -0.05) is 30.3 Å². The number of carbonyl (C=O) groups excluding carboxylic acids is 2. The Labute approximate surface area is 159 Å². The lowest BCUT2D eigenvalue weighted by atomic mass is 10.1. The maximum atomic E-state index is 12.4. The molecule has 1 amide bonds. The van der Waals surface area contributed by atoms with Crippen LogP contribution in [0.4, 0.5) is 0 Å². The molecule has 0 radical (unpaired) electrons. The van der Waals surface area contributed by atoms with Crippen LogP contribution < -0.4 is 9.47 Å². The van der Waals surface area contributed by atoms with Crippen molar-refractivity contribution >= 4 is 11.9 Å². The van der Waals surface area contributed by atoms with Gasteiger partial charge in [0.25, 0.3) is 5.91 Å². The topological polar surface area (TPSA) is 65.1 Å². The minimum Gasteiger partial charge on any atom is -0.493 e. The number of methoxy groups -OCH3 is 1. The number of nitrogens with zero attached hydrogens (tertiary/aromatic N) is 1. The van der Waals surface area contributed by atoms with Crippen molar-refractivity contribution < 1.29 is 23.8 Å². The first-order chi connectivity index (χ1) is 13.0. The molecule has 1 atom stereocenters. The molecule has 6 nitrogen and oxygen atoms in total. The fraction of sp³-hybridized carbons (Fsp3) is 0.333. The lowest BCUT2D eigenvalue weighted by Gasteiger charge is -2.25. The quantitative estimate of drug-likeness (QED) is 0.665. The Kier molecular flexibility index (Phi) is 7.23. The summed E-state index contributed by atoms with van der Waals surface area (Å²) in [5.74, 6) is 0.111. The van der Waals surface area contributed by atoms with Crippen LogP contribution in [0.1, 0.15) is 35.8 Å². The molecule has 0 aliphatic carbocycles. The van der Waals surface area contributed by atoms with E-state index in [0.29, 0.717) is 23.7 Å². The van der Waals surface area contributed by atoms with Crippen molar-refractivity contribution in [2.24, 2.45) is 0 Å². The average molecular weight is 371 g/mol. The van der Waals surface area contributed by atoms with Gasteiger partial charge in [0.05, 0.1) is 25.3 Å². The molecular weight excluding hydrogens is 346 g/mol. The predicted molar refractivity (Wildman–Crippen MR) is 102 cm³/mol. The molecule has 0 N–H and O–H groups in total. The Balaban J connectivity index is 1.97. The van der Waals surface area contributed by atoms with Gasteiger partial charge in [0.15, 0.2) is 18.1 Å². The van der Waals surface area contributed by atoms with E-state index < -0.39 is 5.97 Å². The van der Waals surface area contributed by atoms with Crippen LogP contribution in [0.3, 0.4) is 0 Å². The van der Waals surface area contributed by atoms with Gasteiger partial charge < -0.3 is 19.1 Å². The number of ether oxygens (including phenoxy) is 3. The van der Waals surface area contributed by atoms with Gasteiger partial charge in [-0.2, -0.15) is 0 Å². The van der Waals surface area contributed by atoms with Crippen LogP contribution in [0.15, 0.2) is 48.5 Å². The van der Waals surface area contributed by atoms with Gasteiger partial charge in [0.2, 0.25) is 0 Å². The standard InChI is InChI=1S/C21H25NO5/c1-5-26-18-12-11-17(13-19(18)25-4)21(24)27-14-20(23)22(3)15(2)16-9-7-6-8-10-16/h6-13,15H,5,14H2,1-4H3/t15-/m0/s1. The molecule has 2 aromatic carbocycles. The van der Waals surface area contributed by atoms with E-state index in [2.05, 4.69) is 0 Å². The molecule has 0 saturated carbocycles. The molecule has 0 saturated heterocycles. The zero-order chi connectivity index (χ0) is 19.8. The minimum absolute atomic E-state index is 0.122. The smallest absolute Gasteiger partial charge is 0.338 e. The van der Waals surface area contributed by atoms with Gasteiger partial charge in [0, 0.05) is 7.05 Å². The van der Waals surface area contributed by atoms with E-state index in [1.807, 2.05) is 44.2 Å². The number of hydrogen-bond donors (Lipinski definition) is 0. The summed E-state index contributed by atoms with van der Waals surface area (Å²) < 4.78 is 15.8. The van der Waals surface area contributed by atoms with Crippen molar-refractivity contribution in [1.29, 1.82) is 0 Å². The van der Waals surface area contributed by atoms with E-state index in [4.69, 9.17) is 14.2 Å². The van der Waals surface area contributed by atoms with Gasteiger partial charge in [0.1, 0.15) is 0 Å². The van der Waals surface area contributed by atoms with Crippen molar-refractivity contribution in [2.75, 3.05) is 27.4 Å². The van der Waals surface area contributed by atoms with E-state index in [1.54, 1.807) is 24.1 Å². The van der Waals surface area contributed by atoms with Crippen molar-refractivity contribution in [3.63, 3.8) is 0 Å². The fourth-order valence-electron chi connectivity index (χ4n) is 2.55. The van der Waals surface area contributed by atoms with Crippen LogP contribution in [0.2, 0.25) is 0 Å². The first-order valence-electron chi connectivity index (χ1n) is 8.76. The molecule has 0 unspecified atom stereocenters. The molecule has 0 spiro atoms. The van der Waals surface area contributed by atoms with Gasteiger partial charge in [-0.05, 0) is 37.6 Å². The maximum absolute atomic E-state index is 12.4. The third-order valence-corrected chi connectivity index (χ3v) is 4.28. The number of carbonyl (C=O) groups is 2. The van der Waals surface area contributed by atoms with Crippen LogP contribution in [0.25, 0.3) is 0 Å². The van der Waals surface area contributed by atoms with Crippen LogP contribution in [-0.2, 0) is 9.53 Å². The summed E-state index contributed by atoms with van der Waals surface area (Å²) in [6.07, 6.45) is 0. The first-order valence-corrected chi connectivity index (χ1v) is 8.76. The molecule has 0 aliphatic heterocycles. The molecular formula is C21H25NO5. The number of rotatable bonds is 8. The molecule has 0 bridgehead atoms. The van der Waals surface area contributed by atoms with Gasteiger partial charge in [-0.15, -0.1) is 0 Å². The zero-order valence-corrected chi connectivity index (χ0v) is 16.1. The fourth-order valence-corrected chi connectivity index (χ4v) is 2.55. The molecule has 2 aromatic rings. The highest BCUT2D eigenvalue weighted by Crippen LogP contribution is 2.28. The molecule has 0 fully saturated rings. The Hall–Kier alpha value is -3.02. The monoisotopic (exact) mass is 371 g/mol. The Morgan fingerprint density at radius 3 is 2.41 bits per heavy atom. The molecule has 2 rings (SSSR count). The van der Waals surface area contributed by atoms with Crippen molar-refractivity contribution in [3.05, 3.63) is 59.7 Å².